The van der Waals surface area contributed by atoms with Crippen LogP contribution in [0.3, 0.4) is 0 Å². The lowest BCUT2D eigenvalue weighted by Crippen LogP contribution is -2.31. The molecule has 0 aliphatic rings. The summed E-state index contributed by atoms with van der Waals surface area (Å²) >= 11 is 2.12. The molecule has 0 unspecified atom stereocenters. The number of amides is 1. The number of anilines is 1. The van der Waals surface area contributed by atoms with Crippen molar-refractivity contribution in [2.45, 2.75) is 26.3 Å². The Morgan fingerprint density at radius 3 is 2.52 bits per heavy atom. The average Bonchev–Trinajstić information content (AvgIpc) is 2.92. The van der Waals surface area contributed by atoms with Gasteiger partial charge >= 0.3 is 0 Å². The lowest BCUT2D eigenvalue weighted by Gasteiger charge is -2.25. The predicted molar refractivity (Wildman–Crippen MR) is 109 cm³/mol. The van der Waals surface area contributed by atoms with Gasteiger partial charge in [-0.1, -0.05) is 52.9 Å². The van der Waals surface area contributed by atoms with Crippen LogP contribution >= 0.6 is 22.6 Å². The quantitative estimate of drug-likeness (QED) is 0.364. The summed E-state index contributed by atoms with van der Waals surface area (Å²) < 4.78 is 2.46. The Bertz CT molecular complexity index is 928. The predicted octanol–water partition coefficient (Wildman–Crippen LogP) is 3.56. The van der Waals surface area contributed by atoms with Gasteiger partial charge in [0.25, 0.3) is 5.91 Å². The van der Waals surface area contributed by atoms with E-state index in [9.17, 15) is 4.79 Å². The van der Waals surface area contributed by atoms with E-state index in [-0.39, 0.29) is 11.4 Å². The summed E-state index contributed by atoms with van der Waals surface area (Å²) in [6.07, 6.45) is 1.44. The van der Waals surface area contributed by atoms with Crippen molar-refractivity contribution in [1.82, 2.24) is 19.9 Å². The Morgan fingerprint density at radius 2 is 1.92 bits per heavy atom. The molecular formula is C18H20IN5O. The Labute approximate surface area is 160 Å². The first-order chi connectivity index (χ1) is 11.9. The van der Waals surface area contributed by atoms with Gasteiger partial charge in [0.1, 0.15) is 23.5 Å². The van der Waals surface area contributed by atoms with Gasteiger partial charge in [-0.05, 0) is 26.3 Å². The average molecular weight is 449 g/mol. The number of halogens is 1. The molecule has 0 fully saturated rings. The van der Waals surface area contributed by atoms with Crippen LogP contribution in [0.5, 0.6) is 0 Å². The number of alkyl halides is 1. The zero-order valence-corrected chi connectivity index (χ0v) is 16.5. The molecule has 3 aromatic rings. The van der Waals surface area contributed by atoms with Crippen molar-refractivity contribution < 1.29 is 4.79 Å². The van der Waals surface area contributed by atoms with Gasteiger partial charge in [-0.2, -0.15) is 0 Å². The van der Waals surface area contributed by atoms with E-state index in [1.165, 1.54) is 6.33 Å². The van der Waals surface area contributed by atoms with Gasteiger partial charge in [0, 0.05) is 11.1 Å². The SMILES string of the molecule is CC(C)(C)n1c(C(=O)NCI)c(-c2ccccc2)c2c(N)ncnc21. The summed E-state index contributed by atoms with van der Waals surface area (Å²) in [6, 6.07) is 9.76. The second kappa shape index (κ2) is 6.62. The summed E-state index contributed by atoms with van der Waals surface area (Å²) in [4.78, 5) is 21.6. The highest BCUT2D eigenvalue weighted by atomic mass is 127. The molecular weight excluding hydrogens is 429 g/mol. The third-order valence-electron chi connectivity index (χ3n) is 3.95. The third-order valence-corrected chi connectivity index (χ3v) is 4.34. The topological polar surface area (TPSA) is 85.8 Å². The number of nitrogen functional groups attached to an aromatic ring is 1. The lowest BCUT2D eigenvalue weighted by atomic mass is 10.0. The highest BCUT2D eigenvalue weighted by Crippen LogP contribution is 2.39. The number of benzene rings is 1. The molecule has 0 saturated heterocycles. The van der Waals surface area contributed by atoms with Crippen molar-refractivity contribution in [1.29, 1.82) is 0 Å². The van der Waals surface area contributed by atoms with E-state index in [2.05, 4.69) is 37.9 Å². The van der Waals surface area contributed by atoms with E-state index in [0.717, 1.165) is 11.1 Å². The van der Waals surface area contributed by atoms with E-state index < -0.39 is 0 Å². The van der Waals surface area contributed by atoms with Gasteiger partial charge in [-0.15, -0.1) is 0 Å². The van der Waals surface area contributed by atoms with Gasteiger partial charge in [-0.25, -0.2) is 9.97 Å². The molecule has 0 radical (unpaired) electrons. The minimum Gasteiger partial charge on any atom is -0.383 e. The molecule has 1 aromatic carbocycles. The summed E-state index contributed by atoms with van der Waals surface area (Å²) in [6.45, 7) is 6.13. The van der Waals surface area contributed by atoms with Crippen molar-refractivity contribution in [3.63, 3.8) is 0 Å². The molecule has 3 rings (SSSR count). The highest BCUT2D eigenvalue weighted by Gasteiger charge is 2.31. The van der Waals surface area contributed by atoms with Crippen LogP contribution in [0.1, 0.15) is 31.3 Å². The first-order valence-electron chi connectivity index (χ1n) is 7.91. The van der Waals surface area contributed by atoms with Crippen LogP contribution in [0.2, 0.25) is 0 Å². The van der Waals surface area contributed by atoms with Crippen LogP contribution in [-0.2, 0) is 5.54 Å². The number of nitrogens with two attached hydrogens (primary N) is 1. The molecule has 0 saturated carbocycles. The largest absolute Gasteiger partial charge is 0.383 e. The number of nitrogens with one attached hydrogen (secondary N) is 1. The fraction of sp³-hybridized carbons (Fsp3) is 0.278. The second-order valence-electron chi connectivity index (χ2n) is 6.69. The van der Waals surface area contributed by atoms with E-state index in [1.54, 1.807) is 0 Å². The number of rotatable bonds is 3. The first kappa shape index (κ1) is 17.7. The fourth-order valence-electron chi connectivity index (χ4n) is 3.03. The summed E-state index contributed by atoms with van der Waals surface area (Å²) in [7, 11) is 0. The molecule has 2 aromatic heterocycles. The van der Waals surface area contributed by atoms with Gasteiger partial charge in [-0.3, -0.25) is 4.79 Å². The summed E-state index contributed by atoms with van der Waals surface area (Å²) in [5, 5.41) is 3.61. The number of hydrogen-bond acceptors (Lipinski definition) is 4. The standard InChI is InChI=1S/C18H20IN5O/c1-18(2,3)24-14(17(25)21-9-19)12(11-7-5-4-6-8-11)13-15(20)22-10-23-16(13)24/h4-8,10H,9H2,1-3H3,(H,21,25)(H2,20,22,23). The summed E-state index contributed by atoms with van der Waals surface area (Å²) in [5.74, 6) is 0.218. The van der Waals surface area contributed by atoms with Crippen LogP contribution < -0.4 is 11.1 Å². The van der Waals surface area contributed by atoms with Gasteiger partial charge in [0.2, 0.25) is 0 Å². The minimum atomic E-state index is -0.357. The number of carbonyl (C=O) groups is 1. The Kier molecular flexibility index (Phi) is 4.68. The number of fused-ring (bicyclic) bond motifs is 1. The van der Waals surface area contributed by atoms with Gasteiger partial charge < -0.3 is 15.6 Å². The van der Waals surface area contributed by atoms with Crippen LogP contribution in [0.4, 0.5) is 5.82 Å². The van der Waals surface area contributed by atoms with Crippen LogP contribution in [-0.4, -0.2) is 25.0 Å². The normalized spacial score (nSPS) is 11.7. The lowest BCUT2D eigenvalue weighted by molar-refractivity contribution is 0.0948. The Balaban J connectivity index is 2.51. The molecule has 0 spiro atoms. The van der Waals surface area contributed by atoms with Crippen molar-refractivity contribution in [2.75, 3.05) is 10.3 Å². The zero-order chi connectivity index (χ0) is 18.2. The molecule has 25 heavy (non-hydrogen) atoms. The van der Waals surface area contributed by atoms with Gasteiger partial charge in [0.15, 0.2) is 0 Å². The van der Waals surface area contributed by atoms with Gasteiger partial charge in [0.05, 0.1) is 9.94 Å². The molecule has 7 heteroatoms. The number of nitrogens with zero attached hydrogens (tertiary/aromatic N) is 3. The molecule has 0 bridgehead atoms. The third kappa shape index (κ3) is 3.08. The Morgan fingerprint density at radius 1 is 1.24 bits per heavy atom. The monoisotopic (exact) mass is 449 g/mol. The smallest absolute Gasteiger partial charge is 0.269 e. The first-order valence-corrected chi connectivity index (χ1v) is 9.43. The van der Waals surface area contributed by atoms with Crippen molar-refractivity contribution >= 4 is 45.3 Å². The van der Waals surface area contributed by atoms with E-state index >= 15 is 0 Å². The summed E-state index contributed by atoms with van der Waals surface area (Å²) in [5.41, 5.74) is 8.74. The number of aromatic nitrogens is 3. The van der Waals surface area contributed by atoms with E-state index in [1.807, 2.05) is 55.7 Å². The molecule has 2 heterocycles. The molecule has 3 N–H and O–H groups in total. The van der Waals surface area contributed by atoms with E-state index in [4.69, 9.17) is 5.73 Å². The zero-order valence-electron chi connectivity index (χ0n) is 14.4. The number of hydrogen-bond donors (Lipinski definition) is 2. The molecule has 0 aliphatic heterocycles. The molecule has 6 nitrogen and oxygen atoms in total. The van der Waals surface area contributed by atoms with Crippen molar-refractivity contribution in [3.8, 4) is 11.1 Å². The van der Waals surface area contributed by atoms with Crippen LogP contribution in [0.25, 0.3) is 22.2 Å². The van der Waals surface area contributed by atoms with E-state index in [0.29, 0.717) is 27.1 Å². The van der Waals surface area contributed by atoms with Crippen molar-refractivity contribution in [2.24, 2.45) is 0 Å². The van der Waals surface area contributed by atoms with Crippen LogP contribution in [0, 0.1) is 0 Å². The van der Waals surface area contributed by atoms with Crippen LogP contribution in [0.15, 0.2) is 36.7 Å². The minimum absolute atomic E-state index is 0.152. The number of carbonyl (C=O) groups excluding carboxylic acids is 1. The molecule has 130 valence electrons. The molecule has 0 aliphatic carbocycles. The maximum absolute atomic E-state index is 13.0. The van der Waals surface area contributed by atoms with Crippen molar-refractivity contribution in [3.05, 3.63) is 42.4 Å². The fourth-order valence-corrected chi connectivity index (χ4v) is 3.38. The Hall–Kier alpha value is -2.16. The molecule has 0 atom stereocenters. The molecule has 1 amide bonds. The maximum atomic E-state index is 13.0. The second-order valence-corrected chi connectivity index (χ2v) is 7.46. The highest BCUT2D eigenvalue weighted by molar-refractivity contribution is 14.1. The maximum Gasteiger partial charge on any atom is 0.269 e.